The van der Waals surface area contributed by atoms with Crippen LogP contribution >= 0.6 is 0 Å². The van der Waals surface area contributed by atoms with Crippen LogP contribution in [0.3, 0.4) is 0 Å². The van der Waals surface area contributed by atoms with E-state index >= 15 is 0 Å². The summed E-state index contributed by atoms with van der Waals surface area (Å²) in [6.45, 7) is 0.668. The van der Waals surface area contributed by atoms with Gasteiger partial charge in [-0.3, -0.25) is 0 Å². The Morgan fingerprint density at radius 1 is 0.840 bits per heavy atom. The molecule has 2 aromatic rings. The third kappa shape index (κ3) is 4.11. The van der Waals surface area contributed by atoms with Gasteiger partial charge < -0.3 is 4.74 Å². The molecular weight excluding hydrogens is 360 g/mol. The number of hydrogen-bond acceptors (Lipinski definition) is 5. The zero-order chi connectivity index (χ0) is 17.9. The molecule has 5 nitrogen and oxygen atoms in total. The minimum absolute atomic E-state index is 0.0298. The normalized spacial score (nSPS) is 17.6. The van der Waals surface area contributed by atoms with E-state index in [9.17, 15) is 16.8 Å². The maximum absolute atomic E-state index is 13.0. The fraction of sp³-hybridized carbons (Fsp3) is 0.333. The van der Waals surface area contributed by atoms with Gasteiger partial charge in [0.1, 0.15) is 0 Å². The molecule has 0 radical (unpaired) electrons. The van der Waals surface area contributed by atoms with E-state index in [0.29, 0.717) is 19.4 Å². The van der Waals surface area contributed by atoms with E-state index in [0.717, 1.165) is 0 Å². The molecule has 1 fully saturated rings. The molecule has 0 aromatic heterocycles. The average molecular weight is 380 g/mol. The van der Waals surface area contributed by atoms with Gasteiger partial charge in [0.2, 0.25) is 0 Å². The molecule has 0 saturated carbocycles. The average Bonchev–Trinajstić information content (AvgIpc) is 3.44. The van der Waals surface area contributed by atoms with E-state index in [2.05, 4.69) is 0 Å². The topological polar surface area (TPSA) is 80.8 Å². The lowest BCUT2D eigenvalue weighted by atomic mass is 10.2. The maximum Gasteiger partial charge on any atom is 0.195 e. The molecule has 0 N–H and O–H groups in total. The lowest BCUT2D eigenvalue weighted by molar-refractivity contribution is 0.390. The molecule has 3 rings (SSSR count). The quantitative estimate of drug-likeness (QED) is 0.658. The Hall–Kier alpha value is -1.70. The minimum atomic E-state index is -4.01. The van der Waals surface area contributed by atoms with Gasteiger partial charge in [-0.1, -0.05) is 36.4 Å². The number of hydrogen-bond donors (Lipinski definition) is 0. The van der Waals surface area contributed by atoms with E-state index in [1.165, 1.54) is 24.3 Å². The first kappa shape index (κ1) is 18.1. The van der Waals surface area contributed by atoms with Crippen LogP contribution in [-0.2, 0) is 24.4 Å². The van der Waals surface area contributed by atoms with Crippen LogP contribution < -0.4 is 0 Å². The van der Waals surface area contributed by atoms with Gasteiger partial charge in [-0.25, -0.2) is 16.8 Å². The van der Waals surface area contributed by atoms with Crippen LogP contribution in [0.2, 0.25) is 0 Å². The summed E-state index contributed by atoms with van der Waals surface area (Å²) in [6.07, 6.45) is 1.34. The Morgan fingerprint density at radius 3 is 1.68 bits per heavy atom. The van der Waals surface area contributed by atoms with Crippen molar-refractivity contribution in [2.24, 2.45) is 0 Å². The number of rotatable bonds is 8. The van der Waals surface area contributed by atoms with Crippen molar-refractivity contribution >= 4 is 19.7 Å². The van der Waals surface area contributed by atoms with E-state index in [4.69, 9.17) is 4.74 Å². The van der Waals surface area contributed by atoms with Gasteiger partial charge in [-0.2, -0.15) is 0 Å². The van der Waals surface area contributed by atoms with Crippen LogP contribution in [0, 0.1) is 0 Å². The summed E-state index contributed by atoms with van der Waals surface area (Å²) in [7, 11) is -8.03. The van der Waals surface area contributed by atoms with Gasteiger partial charge in [0.15, 0.2) is 24.3 Å². The highest BCUT2D eigenvalue weighted by molar-refractivity contribution is 8.09. The molecule has 1 unspecified atom stereocenters. The van der Waals surface area contributed by atoms with Crippen LogP contribution in [0.5, 0.6) is 0 Å². The third-order valence-corrected chi connectivity index (χ3v) is 9.44. The second kappa shape index (κ2) is 7.27. The van der Waals surface area contributed by atoms with Gasteiger partial charge in [0, 0.05) is 0 Å². The minimum Gasteiger partial charge on any atom is -0.373 e. The van der Waals surface area contributed by atoms with Crippen molar-refractivity contribution in [1.82, 2.24) is 0 Å². The second-order valence-electron chi connectivity index (χ2n) is 6.03. The number of ether oxygens (including phenoxy) is 1. The van der Waals surface area contributed by atoms with Crippen molar-refractivity contribution in [2.45, 2.75) is 39.7 Å². The Bertz CT molecular complexity index is 833. The van der Waals surface area contributed by atoms with Gasteiger partial charge in [-0.05, 0) is 43.5 Å². The monoisotopic (exact) mass is 380 g/mol. The Morgan fingerprint density at radius 2 is 1.28 bits per heavy atom. The molecule has 0 spiro atoms. The predicted molar refractivity (Wildman–Crippen MR) is 94.6 cm³/mol. The lowest BCUT2D eigenvalue weighted by Gasteiger charge is -2.18. The molecule has 0 amide bonds. The standard InChI is InChI=1S/C18H20O5S2/c19-24(20,16-9-3-1-4-10-16)18(13-7-8-15-14-23-15)25(21,22)17-11-5-2-6-12-17/h1-6,9-12,15,18H,7-8,13-14H2. The summed E-state index contributed by atoms with van der Waals surface area (Å²) in [5, 5.41) is 0. The first-order valence-electron chi connectivity index (χ1n) is 8.12. The summed E-state index contributed by atoms with van der Waals surface area (Å²) in [6, 6.07) is 15.5. The van der Waals surface area contributed by atoms with E-state index in [-0.39, 0.29) is 22.3 Å². The largest absolute Gasteiger partial charge is 0.373 e. The van der Waals surface area contributed by atoms with Gasteiger partial charge >= 0.3 is 0 Å². The Kier molecular flexibility index (Phi) is 5.27. The Balaban J connectivity index is 1.97. The molecule has 2 aromatic carbocycles. The zero-order valence-electron chi connectivity index (χ0n) is 13.6. The summed E-state index contributed by atoms with van der Waals surface area (Å²) in [5.74, 6) is 0. The van der Waals surface area contributed by atoms with Crippen LogP contribution in [0.15, 0.2) is 70.5 Å². The highest BCUT2D eigenvalue weighted by Gasteiger charge is 2.39. The SMILES string of the molecule is O=S(=O)(c1ccccc1)C(CCCC1CO1)S(=O)(=O)c1ccccc1. The molecule has 1 atom stereocenters. The highest BCUT2D eigenvalue weighted by atomic mass is 32.3. The predicted octanol–water partition coefficient (Wildman–Crippen LogP) is 2.83. The van der Waals surface area contributed by atoms with Crippen LogP contribution in [0.4, 0.5) is 0 Å². The van der Waals surface area contributed by atoms with Gasteiger partial charge in [-0.15, -0.1) is 0 Å². The van der Waals surface area contributed by atoms with Crippen molar-refractivity contribution in [3.05, 3.63) is 60.7 Å². The fourth-order valence-corrected chi connectivity index (χ4v) is 7.38. The Labute approximate surface area is 148 Å². The number of epoxide rings is 1. The van der Waals surface area contributed by atoms with E-state index in [1.54, 1.807) is 36.4 Å². The smallest absolute Gasteiger partial charge is 0.195 e. The lowest BCUT2D eigenvalue weighted by Crippen LogP contribution is -2.31. The maximum atomic E-state index is 13.0. The van der Waals surface area contributed by atoms with Gasteiger partial charge in [0.05, 0.1) is 22.5 Å². The molecule has 1 saturated heterocycles. The molecule has 7 heteroatoms. The summed E-state index contributed by atoms with van der Waals surface area (Å²) < 4.78 is 55.8. The molecule has 1 aliphatic rings. The van der Waals surface area contributed by atoms with Crippen molar-refractivity contribution in [3.8, 4) is 0 Å². The first-order chi connectivity index (χ1) is 11.9. The molecule has 1 aliphatic heterocycles. The van der Waals surface area contributed by atoms with Crippen molar-refractivity contribution < 1.29 is 21.6 Å². The summed E-state index contributed by atoms with van der Waals surface area (Å²) >= 11 is 0. The molecule has 0 bridgehead atoms. The summed E-state index contributed by atoms with van der Waals surface area (Å²) in [4.78, 5) is 0.0596. The third-order valence-electron chi connectivity index (χ3n) is 4.20. The van der Waals surface area contributed by atoms with E-state index in [1.807, 2.05) is 0 Å². The van der Waals surface area contributed by atoms with Crippen LogP contribution in [0.1, 0.15) is 19.3 Å². The summed E-state index contributed by atoms with van der Waals surface area (Å²) in [5.41, 5.74) is 0. The number of sulfone groups is 2. The molecule has 134 valence electrons. The van der Waals surface area contributed by atoms with Gasteiger partial charge in [0.25, 0.3) is 0 Å². The van der Waals surface area contributed by atoms with E-state index < -0.39 is 24.3 Å². The first-order valence-corrected chi connectivity index (χ1v) is 11.2. The molecule has 1 heterocycles. The fourth-order valence-electron chi connectivity index (χ4n) is 2.75. The zero-order valence-corrected chi connectivity index (χ0v) is 15.2. The molecular formula is C18H20O5S2. The van der Waals surface area contributed by atoms with Crippen LogP contribution in [-0.4, -0.2) is 34.1 Å². The second-order valence-corrected chi connectivity index (χ2v) is 10.6. The van der Waals surface area contributed by atoms with Crippen LogP contribution in [0.25, 0.3) is 0 Å². The highest BCUT2D eigenvalue weighted by Crippen LogP contribution is 2.30. The number of benzene rings is 2. The molecule has 25 heavy (non-hydrogen) atoms. The molecule has 0 aliphatic carbocycles. The van der Waals surface area contributed by atoms with Crippen molar-refractivity contribution in [1.29, 1.82) is 0 Å². The van der Waals surface area contributed by atoms with Crippen molar-refractivity contribution in [2.75, 3.05) is 6.61 Å². The van der Waals surface area contributed by atoms with Crippen molar-refractivity contribution in [3.63, 3.8) is 0 Å².